The highest BCUT2D eigenvalue weighted by Gasteiger charge is 2.32. The van der Waals surface area contributed by atoms with Gasteiger partial charge in [-0.15, -0.1) is 0 Å². The summed E-state index contributed by atoms with van der Waals surface area (Å²) in [5, 5.41) is 7.17. The predicted molar refractivity (Wildman–Crippen MR) is 158 cm³/mol. The summed E-state index contributed by atoms with van der Waals surface area (Å²) >= 11 is 5.93. The summed E-state index contributed by atoms with van der Waals surface area (Å²) in [6.07, 6.45) is 5.43. The predicted octanol–water partition coefficient (Wildman–Crippen LogP) is 4.60. The zero-order chi connectivity index (χ0) is 27.5. The average Bonchev–Trinajstić information content (AvgIpc) is 3.12. The molecule has 1 aliphatic rings. The third kappa shape index (κ3) is 8.52. The smallest absolute Gasteiger partial charge is 0.244 e. The fraction of sp³-hybridized carbons (Fsp3) is 0.312. The van der Waals surface area contributed by atoms with E-state index in [0.717, 1.165) is 18.4 Å². The van der Waals surface area contributed by atoms with Gasteiger partial charge in [-0.3, -0.25) is 9.59 Å². The highest BCUT2D eigenvalue weighted by Crippen LogP contribution is 2.27. The van der Waals surface area contributed by atoms with E-state index in [0.29, 0.717) is 37.6 Å². The van der Waals surface area contributed by atoms with E-state index in [2.05, 4.69) is 34.9 Å². The number of carbonyl (C=O) groups is 2. The number of carbonyl (C=O) groups excluding carboxylic acids is 2. The number of nitrogens with one attached hydrogen (secondary N) is 2. The highest BCUT2D eigenvalue weighted by molar-refractivity contribution is 6.30. The van der Waals surface area contributed by atoms with Gasteiger partial charge in [0.1, 0.15) is 0 Å². The summed E-state index contributed by atoms with van der Waals surface area (Å²) in [6, 6.07) is 27.6. The Morgan fingerprint density at radius 2 is 1.67 bits per heavy atom. The molecule has 2 atom stereocenters. The lowest BCUT2D eigenvalue weighted by molar-refractivity contribution is -0.133. The van der Waals surface area contributed by atoms with Gasteiger partial charge in [0.05, 0.1) is 6.04 Å². The van der Waals surface area contributed by atoms with Crippen LogP contribution in [0.5, 0.6) is 0 Å². The Kier molecular flexibility index (Phi) is 10.7. The van der Waals surface area contributed by atoms with Crippen LogP contribution in [0.4, 0.5) is 0 Å². The molecule has 0 saturated carbocycles. The SMILES string of the molecule is NCCCC1NC(CNC(=O)/C=C/c2ccc(Cl)cc2)CCN(CC(c2ccccc2)c2ccccc2)C1=O. The number of nitrogens with zero attached hydrogens (tertiary/aromatic N) is 1. The van der Waals surface area contributed by atoms with Crippen molar-refractivity contribution in [3.8, 4) is 0 Å². The lowest BCUT2D eigenvalue weighted by atomic mass is 9.90. The summed E-state index contributed by atoms with van der Waals surface area (Å²) in [7, 11) is 0. The maximum atomic E-state index is 13.7. The molecule has 3 aromatic carbocycles. The van der Waals surface area contributed by atoms with Crippen LogP contribution in [0, 0.1) is 0 Å². The van der Waals surface area contributed by atoms with Crippen LogP contribution < -0.4 is 16.4 Å². The van der Waals surface area contributed by atoms with Gasteiger partial charge in [0.25, 0.3) is 0 Å². The molecule has 1 heterocycles. The minimum Gasteiger partial charge on any atom is -0.351 e. The van der Waals surface area contributed by atoms with Gasteiger partial charge >= 0.3 is 0 Å². The molecule has 39 heavy (non-hydrogen) atoms. The first kappa shape index (κ1) is 28.6. The van der Waals surface area contributed by atoms with Gasteiger partial charge < -0.3 is 21.3 Å². The summed E-state index contributed by atoms with van der Waals surface area (Å²) in [5.41, 5.74) is 9.06. The van der Waals surface area contributed by atoms with Crippen LogP contribution in [-0.4, -0.2) is 55.0 Å². The van der Waals surface area contributed by atoms with E-state index in [1.54, 1.807) is 18.2 Å². The lowest BCUT2D eigenvalue weighted by Gasteiger charge is -2.29. The molecular weight excluding hydrogens is 508 g/mol. The summed E-state index contributed by atoms with van der Waals surface area (Å²) < 4.78 is 0. The number of halogens is 1. The molecule has 2 unspecified atom stereocenters. The van der Waals surface area contributed by atoms with Gasteiger partial charge in [0.2, 0.25) is 11.8 Å². The molecule has 4 rings (SSSR count). The Balaban J connectivity index is 1.44. The fourth-order valence-electron chi connectivity index (χ4n) is 4.98. The first-order chi connectivity index (χ1) is 19.0. The van der Waals surface area contributed by atoms with Crippen molar-refractivity contribution in [1.82, 2.24) is 15.5 Å². The van der Waals surface area contributed by atoms with Gasteiger partial charge in [-0.2, -0.15) is 0 Å². The van der Waals surface area contributed by atoms with Crippen molar-refractivity contribution in [2.24, 2.45) is 5.73 Å². The summed E-state index contributed by atoms with van der Waals surface area (Å²) in [6.45, 7) is 2.17. The molecule has 1 aliphatic heterocycles. The molecule has 0 bridgehead atoms. The fourth-order valence-corrected chi connectivity index (χ4v) is 5.10. The quantitative estimate of drug-likeness (QED) is 0.308. The lowest BCUT2D eigenvalue weighted by Crippen LogP contribution is -2.49. The van der Waals surface area contributed by atoms with Crippen LogP contribution in [-0.2, 0) is 9.59 Å². The normalized spacial score (nSPS) is 17.9. The molecule has 0 spiro atoms. The number of nitrogens with two attached hydrogens (primary N) is 1. The second kappa shape index (κ2) is 14.6. The Labute approximate surface area is 236 Å². The molecule has 6 nitrogen and oxygen atoms in total. The molecule has 0 radical (unpaired) electrons. The van der Waals surface area contributed by atoms with Crippen molar-refractivity contribution >= 4 is 29.5 Å². The van der Waals surface area contributed by atoms with Gasteiger partial charge in [0.15, 0.2) is 0 Å². The third-order valence-electron chi connectivity index (χ3n) is 7.12. The van der Waals surface area contributed by atoms with Crippen molar-refractivity contribution in [1.29, 1.82) is 0 Å². The van der Waals surface area contributed by atoms with Gasteiger partial charge in [0, 0.05) is 42.7 Å². The summed E-state index contributed by atoms with van der Waals surface area (Å²) in [5.74, 6) is -0.0107. The number of amides is 2. The van der Waals surface area contributed by atoms with Gasteiger partial charge in [-0.1, -0.05) is 84.4 Å². The van der Waals surface area contributed by atoms with Crippen molar-refractivity contribution in [3.05, 3.63) is 113 Å². The van der Waals surface area contributed by atoms with E-state index in [4.69, 9.17) is 17.3 Å². The van der Waals surface area contributed by atoms with Crippen LogP contribution >= 0.6 is 11.6 Å². The summed E-state index contributed by atoms with van der Waals surface area (Å²) in [4.78, 5) is 28.2. The molecule has 0 aliphatic carbocycles. The second-order valence-corrected chi connectivity index (χ2v) is 10.4. The van der Waals surface area contributed by atoms with Crippen LogP contribution in [0.15, 0.2) is 91.0 Å². The highest BCUT2D eigenvalue weighted by atomic mass is 35.5. The molecule has 1 fully saturated rings. The minimum absolute atomic E-state index is 0.0264. The Bertz CT molecular complexity index is 1180. The molecule has 2 amide bonds. The average molecular weight is 545 g/mol. The van der Waals surface area contributed by atoms with Crippen molar-refractivity contribution in [3.63, 3.8) is 0 Å². The van der Waals surface area contributed by atoms with Crippen LogP contribution in [0.25, 0.3) is 6.08 Å². The maximum absolute atomic E-state index is 13.7. The third-order valence-corrected chi connectivity index (χ3v) is 7.37. The second-order valence-electron chi connectivity index (χ2n) is 9.92. The van der Waals surface area contributed by atoms with E-state index in [1.807, 2.05) is 53.4 Å². The van der Waals surface area contributed by atoms with Gasteiger partial charge in [-0.05, 0) is 60.7 Å². The Morgan fingerprint density at radius 3 is 2.28 bits per heavy atom. The van der Waals surface area contributed by atoms with Crippen LogP contribution in [0.1, 0.15) is 41.9 Å². The Hall–Kier alpha value is -3.45. The maximum Gasteiger partial charge on any atom is 0.244 e. The molecule has 0 aromatic heterocycles. The number of hydrogen-bond acceptors (Lipinski definition) is 4. The van der Waals surface area contributed by atoms with Gasteiger partial charge in [-0.25, -0.2) is 0 Å². The molecule has 4 N–H and O–H groups in total. The van der Waals surface area contributed by atoms with E-state index in [9.17, 15) is 9.59 Å². The number of hydrogen-bond donors (Lipinski definition) is 3. The van der Waals surface area contributed by atoms with Crippen LogP contribution in [0.2, 0.25) is 5.02 Å². The molecule has 1 saturated heterocycles. The van der Waals surface area contributed by atoms with E-state index >= 15 is 0 Å². The standard InChI is InChI=1S/C32H37ClN4O2/c33-27-16-13-24(14-17-27)15-18-31(38)35-22-28-19-21-37(32(39)30(36-28)12-7-20-34)23-29(25-8-3-1-4-9-25)26-10-5-2-6-11-26/h1-6,8-11,13-18,28-30,36H,7,12,19-23,34H2,(H,35,38)/b18-15+. The Morgan fingerprint density at radius 1 is 1.03 bits per heavy atom. The number of benzene rings is 3. The van der Waals surface area contributed by atoms with Crippen molar-refractivity contribution in [2.75, 3.05) is 26.2 Å². The molecule has 204 valence electrons. The topological polar surface area (TPSA) is 87.5 Å². The number of rotatable bonds is 11. The monoisotopic (exact) mass is 544 g/mol. The first-order valence-electron chi connectivity index (χ1n) is 13.6. The van der Waals surface area contributed by atoms with Crippen molar-refractivity contribution < 1.29 is 9.59 Å². The molecular formula is C32H37ClN4O2. The minimum atomic E-state index is -0.338. The zero-order valence-electron chi connectivity index (χ0n) is 22.1. The molecule has 7 heteroatoms. The van der Waals surface area contributed by atoms with Crippen molar-refractivity contribution in [2.45, 2.75) is 37.3 Å². The van der Waals surface area contributed by atoms with E-state index < -0.39 is 0 Å². The van der Waals surface area contributed by atoms with Crippen LogP contribution in [0.3, 0.4) is 0 Å². The largest absolute Gasteiger partial charge is 0.351 e. The van der Waals surface area contributed by atoms with E-state index in [-0.39, 0.29) is 29.8 Å². The molecule has 3 aromatic rings. The first-order valence-corrected chi connectivity index (χ1v) is 14.0. The zero-order valence-corrected chi connectivity index (χ0v) is 22.9. The van der Waals surface area contributed by atoms with E-state index in [1.165, 1.54) is 17.2 Å².